The zero-order valence-electron chi connectivity index (χ0n) is 13.0. The highest BCUT2D eigenvalue weighted by Crippen LogP contribution is 2.47. The third-order valence-corrected chi connectivity index (χ3v) is 4.52. The second-order valence-electron chi connectivity index (χ2n) is 6.25. The summed E-state index contributed by atoms with van der Waals surface area (Å²) >= 11 is 0. The predicted molar refractivity (Wildman–Crippen MR) is 80.1 cm³/mol. The summed E-state index contributed by atoms with van der Waals surface area (Å²) in [5, 5.41) is 4.13. The van der Waals surface area contributed by atoms with Gasteiger partial charge in [-0.3, -0.25) is 14.3 Å². The highest BCUT2D eigenvalue weighted by molar-refractivity contribution is 5.78. The minimum absolute atomic E-state index is 0.0379. The number of hydrogen-bond acceptors (Lipinski definition) is 4. The Hall–Kier alpha value is -1.85. The summed E-state index contributed by atoms with van der Waals surface area (Å²) in [4.78, 5) is 25.7. The van der Waals surface area contributed by atoms with Crippen molar-refractivity contribution in [1.29, 1.82) is 0 Å². The van der Waals surface area contributed by atoms with Crippen LogP contribution in [-0.4, -0.2) is 46.3 Å². The standard InChI is InChI=1S/C16H23N3O3/c1-18-11-12(10-17-18)13-9-14(13)16(21)22-8-7-19-6-4-2-3-5-15(19)20/h10-11,13-14H,2-9H2,1H3/t13-,14+/m1/s1. The van der Waals surface area contributed by atoms with Crippen LogP contribution in [0.15, 0.2) is 12.4 Å². The van der Waals surface area contributed by atoms with Gasteiger partial charge in [0.25, 0.3) is 0 Å². The maximum atomic E-state index is 12.0. The Morgan fingerprint density at radius 1 is 1.41 bits per heavy atom. The lowest BCUT2D eigenvalue weighted by Crippen LogP contribution is -2.34. The molecule has 2 heterocycles. The van der Waals surface area contributed by atoms with Crippen molar-refractivity contribution in [2.24, 2.45) is 13.0 Å². The maximum absolute atomic E-state index is 12.0. The number of aryl methyl sites for hydroxylation is 1. The molecule has 2 aliphatic rings. The lowest BCUT2D eigenvalue weighted by atomic mass is 10.2. The smallest absolute Gasteiger partial charge is 0.309 e. The van der Waals surface area contributed by atoms with Gasteiger partial charge < -0.3 is 9.64 Å². The fourth-order valence-electron chi connectivity index (χ4n) is 3.09. The predicted octanol–water partition coefficient (Wildman–Crippen LogP) is 1.47. The Morgan fingerprint density at radius 2 is 2.27 bits per heavy atom. The van der Waals surface area contributed by atoms with Crippen molar-refractivity contribution >= 4 is 11.9 Å². The number of esters is 1. The highest BCUT2D eigenvalue weighted by atomic mass is 16.5. The molecular weight excluding hydrogens is 282 g/mol. The van der Waals surface area contributed by atoms with Crippen LogP contribution in [0.25, 0.3) is 0 Å². The van der Waals surface area contributed by atoms with Gasteiger partial charge >= 0.3 is 5.97 Å². The van der Waals surface area contributed by atoms with E-state index in [1.54, 1.807) is 4.68 Å². The molecule has 6 nitrogen and oxygen atoms in total. The third-order valence-electron chi connectivity index (χ3n) is 4.52. The van der Waals surface area contributed by atoms with E-state index in [0.29, 0.717) is 19.6 Å². The quantitative estimate of drug-likeness (QED) is 0.773. The normalized spacial score (nSPS) is 25.0. The van der Waals surface area contributed by atoms with Crippen LogP contribution < -0.4 is 0 Å². The summed E-state index contributed by atoms with van der Waals surface area (Å²) in [6.45, 7) is 1.62. The number of amides is 1. The fourth-order valence-corrected chi connectivity index (χ4v) is 3.09. The average molecular weight is 305 g/mol. The van der Waals surface area contributed by atoms with Gasteiger partial charge in [-0.25, -0.2) is 0 Å². The molecular formula is C16H23N3O3. The van der Waals surface area contributed by atoms with Crippen LogP contribution in [0.1, 0.15) is 43.6 Å². The molecule has 1 saturated heterocycles. The number of aromatic nitrogens is 2. The van der Waals surface area contributed by atoms with Crippen molar-refractivity contribution in [2.45, 2.75) is 38.0 Å². The minimum Gasteiger partial charge on any atom is -0.464 e. The number of hydrogen-bond donors (Lipinski definition) is 0. The van der Waals surface area contributed by atoms with Crippen LogP contribution in [0.3, 0.4) is 0 Å². The van der Waals surface area contributed by atoms with Crippen LogP contribution in [-0.2, 0) is 21.4 Å². The molecule has 3 rings (SSSR count). The molecule has 1 aliphatic heterocycles. The Morgan fingerprint density at radius 3 is 3.05 bits per heavy atom. The first-order valence-electron chi connectivity index (χ1n) is 8.08. The molecule has 0 aromatic carbocycles. The van der Waals surface area contributed by atoms with E-state index in [-0.39, 0.29) is 23.7 Å². The van der Waals surface area contributed by atoms with Gasteiger partial charge in [0.2, 0.25) is 5.91 Å². The van der Waals surface area contributed by atoms with Gasteiger partial charge in [0.15, 0.2) is 0 Å². The van der Waals surface area contributed by atoms with Crippen molar-refractivity contribution in [3.8, 4) is 0 Å². The highest BCUT2D eigenvalue weighted by Gasteiger charge is 2.45. The van der Waals surface area contributed by atoms with E-state index < -0.39 is 0 Å². The van der Waals surface area contributed by atoms with E-state index in [9.17, 15) is 9.59 Å². The van der Waals surface area contributed by atoms with Crippen LogP contribution in [0, 0.1) is 5.92 Å². The number of rotatable bonds is 5. The fraction of sp³-hybridized carbons (Fsp3) is 0.688. The molecule has 2 atom stereocenters. The Bertz CT molecular complexity index is 555. The molecule has 1 saturated carbocycles. The first-order chi connectivity index (χ1) is 10.6. The number of carbonyl (C=O) groups excluding carboxylic acids is 2. The van der Waals surface area contributed by atoms with E-state index in [1.807, 2.05) is 24.3 Å². The molecule has 0 bridgehead atoms. The SMILES string of the molecule is Cn1cc([C@H]2C[C@@H]2C(=O)OCCN2CCCCCC2=O)cn1. The summed E-state index contributed by atoms with van der Waals surface area (Å²) in [5.74, 6) is 0.259. The summed E-state index contributed by atoms with van der Waals surface area (Å²) < 4.78 is 7.11. The van der Waals surface area contributed by atoms with Gasteiger partial charge in [0.1, 0.15) is 6.61 Å². The van der Waals surface area contributed by atoms with E-state index in [4.69, 9.17) is 4.74 Å². The van der Waals surface area contributed by atoms with Crippen LogP contribution in [0.4, 0.5) is 0 Å². The van der Waals surface area contributed by atoms with E-state index in [2.05, 4.69) is 5.10 Å². The molecule has 1 aliphatic carbocycles. The number of carbonyl (C=O) groups is 2. The second-order valence-corrected chi connectivity index (χ2v) is 6.25. The second kappa shape index (κ2) is 6.50. The molecule has 0 unspecified atom stereocenters. The van der Waals surface area contributed by atoms with Gasteiger partial charge in [-0.05, 0) is 24.8 Å². The zero-order chi connectivity index (χ0) is 15.5. The van der Waals surface area contributed by atoms with Crippen molar-refractivity contribution in [3.63, 3.8) is 0 Å². The van der Waals surface area contributed by atoms with Crippen LogP contribution >= 0.6 is 0 Å². The van der Waals surface area contributed by atoms with Gasteiger partial charge in [0, 0.05) is 32.1 Å². The molecule has 1 aromatic heterocycles. The largest absolute Gasteiger partial charge is 0.464 e. The molecule has 0 radical (unpaired) electrons. The summed E-state index contributed by atoms with van der Waals surface area (Å²) in [6.07, 6.45) is 8.36. The molecule has 2 fully saturated rings. The van der Waals surface area contributed by atoms with Crippen molar-refractivity contribution in [2.75, 3.05) is 19.7 Å². The molecule has 1 amide bonds. The van der Waals surface area contributed by atoms with Crippen LogP contribution in [0.5, 0.6) is 0 Å². The van der Waals surface area contributed by atoms with E-state index in [1.165, 1.54) is 0 Å². The number of ether oxygens (including phenoxy) is 1. The van der Waals surface area contributed by atoms with E-state index >= 15 is 0 Å². The first-order valence-corrected chi connectivity index (χ1v) is 8.08. The van der Waals surface area contributed by atoms with Crippen molar-refractivity contribution < 1.29 is 14.3 Å². The maximum Gasteiger partial charge on any atom is 0.309 e. The molecule has 6 heteroatoms. The van der Waals surface area contributed by atoms with E-state index in [0.717, 1.165) is 37.8 Å². The molecule has 0 N–H and O–H groups in total. The average Bonchev–Trinajstić information content (AvgIpc) is 3.22. The van der Waals surface area contributed by atoms with Gasteiger partial charge in [-0.2, -0.15) is 5.10 Å². The molecule has 22 heavy (non-hydrogen) atoms. The monoisotopic (exact) mass is 305 g/mol. The zero-order valence-corrected chi connectivity index (χ0v) is 13.0. The molecule has 1 aromatic rings. The minimum atomic E-state index is -0.142. The van der Waals surface area contributed by atoms with Gasteiger partial charge in [-0.1, -0.05) is 6.42 Å². The molecule has 120 valence electrons. The summed E-state index contributed by atoms with van der Waals surface area (Å²) in [6, 6.07) is 0. The lowest BCUT2D eigenvalue weighted by Gasteiger charge is -2.20. The van der Waals surface area contributed by atoms with Crippen LogP contribution in [0.2, 0.25) is 0 Å². The Labute approximate surface area is 130 Å². The lowest BCUT2D eigenvalue weighted by molar-refractivity contribution is -0.147. The summed E-state index contributed by atoms with van der Waals surface area (Å²) in [5.41, 5.74) is 1.10. The summed E-state index contributed by atoms with van der Waals surface area (Å²) in [7, 11) is 1.87. The van der Waals surface area contributed by atoms with Crippen molar-refractivity contribution in [3.05, 3.63) is 18.0 Å². The van der Waals surface area contributed by atoms with Crippen molar-refractivity contribution in [1.82, 2.24) is 14.7 Å². The Kier molecular flexibility index (Phi) is 4.45. The number of nitrogens with zero attached hydrogens (tertiary/aromatic N) is 3. The van der Waals surface area contributed by atoms with Gasteiger partial charge in [0.05, 0.1) is 18.7 Å². The van der Waals surface area contributed by atoms with Gasteiger partial charge in [-0.15, -0.1) is 0 Å². The Balaban J connectivity index is 1.41. The third kappa shape index (κ3) is 3.48. The number of likely N-dealkylation sites (tertiary alicyclic amines) is 1. The topological polar surface area (TPSA) is 64.4 Å². The molecule has 0 spiro atoms. The first kappa shape index (κ1) is 15.1.